The normalized spacial score (nSPS) is 5.50. The molecule has 0 atom stereocenters. The molecular formula is C4H6OZr. The van der Waals surface area contributed by atoms with Crippen LogP contribution in [0.15, 0.2) is 12.2 Å². The van der Waals surface area contributed by atoms with Crippen molar-refractivity contribution in [3.8, 4) is 0 Å². The molecule has 0 aromatic carbocycles. The van der Waals surface area contributed by atoms with E-state index in [1.165, 1.54) is 0 Å². The molecule has 0 unspecified atom stereocenters. The van der Waals surface area contributed by atoms with Crippen molar-refractivity contribution in [1.29, 1.82) is 0 Å². The van der Waals surface area contributed by atoms with Gasteiger partial charge in [0.15, 0.2) is 0 Å². The number of allylic oxidation sites excluding steroid dienone is 1. The van der Waals surface area contributed by atoms with E-state index in [9.17, 15) is 4.79 Å². The van der Waals surface area contributed by atoms with Crippen LogP contribution in [-0.2, 0) is 31.0 Å². The van der Waals surface area contributed by atoms with Crippen molar-refractivity contribution in [1.82, 2.24) is 0 Å². The summed E-state index contributed by atoms with van der Waals surface area (Å²) in [6.07, 6.45) is 0.722. The Morgan fingerprint density at radius 2 is 2.00 bits per heavy atom. The first-order chi connectivity index (χ1) is 2.27. The maximum Gasteiger partial charge on any atom is 0.145 e. The van der Waals surface area contributed by atoms with E-state index in [1.54, 1.807) is 6.92 Å². The molecule has 0 bridgehead atoms. The first kappa shape index (κ1) is 9.57. The average molecular weight is 161 g/mol. The molecule has 0 N–H and O–H groups in total. The van der Waals surface area contributed by atoms with Crippen LogP contribution in [0.4, 0.5) is 0 Å². The Labute approximate surface area is 56.6 Å². The van der Waals surface area contributed by atoms with E-state index < -0.39 is 0 Å². The van der Waals surface area contributed by atoms with Gasteiger partial charge in [0.25, 0.3) is 0 Å². The zero-order valence-electron chi connectivity index (χ0n) is 3.69. The van der Waals surface area contributed by atoms with Gasteiger partial charge >= 0.3 is 0 Å². The Balaban J connectivity index is 0. The summed E-state index contributed by atoms with van der Waals surface area (Å²) in [5.74, 6) is 0. The Kier molecular flexibility index (Phi) is 8.44. The van der Waals surface area contributed by atoms with E-state index in [2.05, 4.69) is 6.58 Å². The van der Waals surface area contributed by atoms with Crippen molar-refractivity contribution >= 4 is 6.29 Å². The number of hydrogen-bond donors (Lipinski definition) is 0. The zero-order valence-corrected chi connectivity index (χ0v) is 6.15. The molecule has 0 radical (unpaired) electrons. The van der Waals surface area contributed by atoms with Gasteiger partial charge in [-0.2, -0.15) is 0 Å². The van der Waals surface area contributed by atoms with Gasteiger partial charge in [0, 0.05) is 26.2 Å². The third-order valence-corrected chi connectivity index (χ3v) is 0.201. The van der Waals surface area contributed by atoms with Gasteiger partial charge in [0.2, 0.25) is 0 Å². The Hall–Kier alpha value is 0.293. The third kappa shape index (κ3) is 8.85. The predicted molar refractivity (Wildman–Crippen MR) is 20.9 cm³/mol. The molecule has 0 aliphatic rings. The summed E-state index contributed by atoms with van der Waals surface area (Å²) in [5.41, 5.74) is 0.574. The van der Waals surface area contributed by atoms with Crippen LogP contribution < -0.4 is 0 Å². The number of rotatable bonds is 1. The molecule has 0 aliphatic heterocycles. The van der Waals surface area contributed by atoms with Crippen LogP contribution in [0.3, 0.4) is 0 Å². The minimum atomic E-state index is 0. The maximum absolute atomic E-state index is 9.41. The van der Waals surface area contributed by atoms with Crippen molar-refractivity contribution in [3.05, 3.63) is 12.2 Å². The smallest absolute Gasteiger partial charge is 0.145 e. The van der Waals surface area contributed by atoms with E-state index in [0.29, 0.717) is 5.57 Å². The molecular weight excluding hydrogens is 155 g/mol. The van der Waals surface area contributed by atoms with Crippen LogP contribution in [0.25, 0.3) is 0 Å². The molecule has 2 heteroatoms. The molecule has 32 valence electrons. The molecule has 0 saturated heterocycles. The van der Waals surface area contributed by atoms with E-state index in [0.717, 1.165) is 6.29 Å². The second-order valence-electron chi connectivity index (χ2n) is 0.964. The van der Waals surface area contributed by atoms with Gasteiger partial charge in [-0.05, 0) is 12.5 Å². The predicted octanol–water partition coefficient (Wildman–Crippen LogP) is 0.759. The van der Waals surface area contributed by atoms with E-state index in [1.807, 2.05) is 0 Å². The Morgan fingerprint density at radius 1 is 1.83 bits per heavy atom. The van der Waals surface area contributed by atoms with Gasteiger partial charge in [0.05, 0.1) is 0 Å². The van der Waals surface area contributed by atoms with Crippen LogP contribution in [0.1, 0.15) is 6.92 Å². The van der Waals surface area contributed by atoms with Gasteiger partial charge in [-0.25, -0.2) is 0 Å². The molecule has 0 fully saturated rings. The Bertz CT molecular complexity index is 58.6. The van der Waals surface area contributed by atoms with Crippen LogP contribution in [0.2, 0.25) is 0 Å². The van der Waals surface area contributed by atoms with E-state index in [4.69, 9.17) is 0 Å². The van der Waals surface area contributed by atoms with Crippen LogP contribution in [-0.4, -0.2) is 6.29 Å². The topological polar surface area (TPSA) is 17.1 Å². The SMILES string of the molecule is C=C(C)C=O.[Zr]. The maximum atomic E-state index is 9.41. The summed E-state index contributed by atoms with van der Waals surface area (Å²) in [7, 11) is 0. The summed E-state index contributed by atoms with van der Waals surface area (Å²) in [5, 5.41) is 0. The second-order valence-corrected chi connectivity index (χ2v) is 0.964. The van der Waals surface area contributed by atoms with Crippen molar-refractivity contribution in [2.24, 2.45) is 0 Å². The van der Waals surface area contributed by atoms with Crippen molar-refractivity contribution in [3.63, 3.8) is 0 Å². The van der Waals surface area contributed by atoms with Gasteiger partial charge in [0.1, 0.15) is 6.29 Å². The van der Waals surface area contributed by atoms with E-state index in [-0.39, 0.29) is 26.2 Å². The molecule has 0 rings (SSSR count). The summed E-state index contributed by atoms with van der Waals surface area (Å²) in [4.78, 5) is 9.41. The minimum absolute atomic E-state index is 0. The fraction of sp³-hybridized carbons (Fsp3) is 0.250. The minimum Gasteiger partial charge on any atom is -0.298 e. The number of hydrogen-bond acceptors (Lipinski definition) is 1. The molecule has 6 heavy (non-hydrogen) atoms. The standard InChI is InChI=1S/C4H6O.Zr/c1-4(2)3-5;/h3H,1H2,2H3;. The molecule has 0 heterocycles. The number of aldehydes is 1. The van der Waals surface area contributed by atoms with Gasteiger partial charge in [-0.15, -0.1) is 0 Å². The fourth-order valence-electron chi connectivity index (χ4n) is 0. The number of carbonyl (C=O) groups excluding carboxylic acids is 1. The van der Waals surface area contributed by atoms with Crippen LogP contribution >= 0.6 is 0 Å². The van der Waals surface area contributed by atoms with E-state index >= 15 is 0 Å². The Morgan fingerprint density at radius 3 is 2.00 bits per heavy atom. The first-order valence-corrected chi connectivity index (χ1v) is 1.38. The van der Waals surface area contributed by atoms with Gasteiger partial charge < -0.3 is 0 Å². The monoisotopic (exact) mass is 160 g/mol. The van der Waals surface area contributed by atoms with Crippen molar-refractivity contribution < 1.29 is 31.0 Å². The van der Waals surface area contributed by atoms with Crippen molar-refractivity contribution in [2.75, 3.05) is 0 Å². The largest absolute Gasteiger partial charge is 0.298 e. The van der Waals surface area contributed by atoms with Crippen molar-refractivity contribution in [2.45, 2.75) is 6.92 Å². The second kappa shape index (κ2) is 5.29. The molecule has 0 spiro atoms. The molecule has 1 nitrogen and oxygen atoms in total. The summed E-state index contributed by atoms with van der Waals surface area (Å²) >= 11 is 0. The zero-order chi connectivity index (χ0) is 4.28. The summed E-state index contributed by atoms with van der Waals surface area (Å²) in [6.45, 7) is 4.97. The fourth-order valence-corrected chi connectivity index (χ4v) is 0. The molecule has 0 aliphatic carbocycles. The average Bonchev–Trinajstić information content (AvgIpc) is 1.38. The molecule has 0 amide bonds. The summed E-state index contributed by atoms with van der Waals surface area (Å²) in [6, 6.07) is 0. The van der Waals surface area contributed by atoms with Crippen LogP contribution in [0, 0.1) is 0 Å². The third-order valence-electron chi connectivity index (χ3n) is 0.201. The molecule has 0 saturated carbocycles. The number of carbonyl (C=O) groups is 1. The first-order valence-electron chi connectivity index (χ1n) is 1.38. The van der Waals surface area contributed by atoms with Gasteiger partial charge in [-0.1, -0.05) is 6.58 Å². The quantitative estimate of drug-likeness (QED) is 0.410. The van der Waals surface area contributed by atoms with Crippen LogP contribution in [0.5, 0.6) is 0 Å². The molecule has 0 aromatic rings. The summed E-state index contributed by atoms with van der Waals surface area (Å²) < 4.78 is 0. The molecule has 0 aromatic heterocycles. The van der Waals surface area contributed by atoms with Gasteiger partial charge in [-0.3, -0.25) is 4.79 Å².